The molecule has 0 aromatic carbocycles. The van der Waals surface area contributed by atoms with Gasteiger partial charge in [-0.1, -0.05) is 25.2 Å². The van der Waals surface area contributed by atoms with Crippen LogP contribution in [-0.4, -0.2) is 52.2 Å². The molecule has 10 heteroatoms. The number of carbonyl (C=O) groups is 3. The number of halogens is 2. The molecule has 1 heterocycles. The van der Waals surface area contributed by atoms with Gasteiger partial charge in [0.2, 0.25) is 11.0 Å². The fourth-order valence-electron chi connectivity index (χ4n) is 2.73. The van der Waals surface area contributed by atoms with E-state index >= 15 is 0 Å². The van der Waals surface area contributed by atoms with Crippen molar-refractivity contribution < 1.29 is 23.2 Å². The molecule has 1 atom stereocenters. The molecule has 1 unspecified atom stereocenters. The highest BCUT2D eigenvalue weighted by molar-refractivity contribution is 7.15. The predicted molar refractivity (Wildman–Crippen MR) is 92.0 cm³/mol. The van der Waals surface area contributed by atoms with E-state index in [0.717, 1.165) is 18.5 Å². The smallest absolute Gasteiger partial charge is 0.327 e. The van der Waals surface area contributed by atoms with E-state index in [0.29, 0.717) is 10.8 Å². The number of ketones is 1. The molecular formula is C16H22F2N4O3S. The minimum atomic E-state index is -3.66. The van der Waals surface area contributed by atoms with Crippen LogP contribution in [0.1, 0.15) is 38.1 Å². The second kappa shape index (κ2) is 8.15. The first-order valence-corrected chi connectivity index (χ1v) is 9.18. The minimum Gasteiger partial charge on any atom is -0.331 e. The fraction of sp³-hybridized carbons (Fsp3) is 0.688. The van der Waals surface area contributed by atoms with Crippen LogP contribution in [-0.2, 0) is 20.8 Å². The van der Waals surface area contributed by atoms with Crippen molar-refractivity contribution in [3.05, 3.63) is 5.01 Å². The molecule has 0 saturated heterocycles. The van der Waals surface area contributed by atoms with Crippen molar-refractivity contribution in [1.29, 1.82) is 0 Å². The molecule has 7 nitrogen and oxygen atoms in total. The number of nitrogens with one attached hydrogen (secondary N) is 1. The predicted octanol–water partition coefficient (Wildman–Crippen LogP) is 2.14. The van der Waals surface area contributed by atoms with Gasteiger partial charge in [0.25, 0.3) is 5.91 Å². The average Bonchev–Trinajstić information content (AvgIpc) is 3.15. The summed E-state index contributed by atoms with van der Waals surface area (Å²) in [6, 6.07) is 0. The Kier molecular flexibility index (Phi) is 6.38. The van der Waals surface area contributed by atoms with Crippen molar-refractivity contribution in [2.24, 2.45) is 11.8 Å². The van der Waals surface area contributed by atoms with Crippen LogP contribution < -0.4 is 5.32 Å². The molecule has 0 spiro atoms. The van der Waals surface area contributed by atoms with Gasteiger partial charge in [-0.15, -0.1) is 10.2 Å². The maximum Gasteiger partial charge on any atom is 0.327 e. The molecule has 0 bridgehead atoms. The Morgan fingerprint density at radius 2 is 2.08 bits per heavy atom. The maximum atomic E-state index is 14.3. The summed E-state index contributed by atoms with van der Waals surface area (Å²) in [5.74, 6) is -6.92. The van der Waals surface area contributed by atoms with Crippen LogP contribution in [0.15, 0.2) is 0 Å². The summed E-state index contributed by atoms with van der Waals surface area (Å²) in [5.41, 5.74) is 0. The largest absolute Gasteiger partial charge is 0.331 e. The number of Topliss-reactive ketones (excluding diaryl/α,β-unsaturated/α-hetero) is 1. The first kappa shape index (κ1) is 20.3. The van der Waals surface area contributed by atoms with Crippen LogP contribution in [0, 0.1) is 11.8 Å². The molecule has 1 N–H and O–H groups in total. The molecular weight excluding hydrogens is 366 g/mol. The summed E-state index contributed by atoms with van der Waals surface area (Å²) in [6.45, 7) is 3.52. The minimum absolute atomic E-state index is 0.0129. The summed E-state index contributed by atoms with van der Waals surface area (Å²) in [7, 11) is 1.14. The molecule has 1 fully saturated rings. The second-order valence-electron chi connectivity index (χ2n) is 6.91. The zero-order valence-corrected chi connectivity index (χ0v) is 15.7. The van der Waals surface area contributed by atoms with Gasteiger partial charge >= 0.3 is 5.92 Å². The van der Waals surface area contributed by atoms with Gasteiger partial charge in [0.05, 0.1) is 6.54 Å². The number of alkyl halides is 2. The molecule has 2 amide bonds. The Morgan fingerprint density at radius 3 is 2.65 bits per heavy atom. The van der Waals surface area contributed by atoms with E-state index in [1.165, 1.54) is 11.3 Å². The molecule has 1 aliphatic carbocycles. The number of carbonyl (C=O) groups excluding carboxylic acids is 3. The van der Waals surface area contributed by atoms with Crippen molar-refractivity contribution >= 4 is 34.1 Å². The summed E-state index contributed by atoms with van der Waals surface area (Å²) < 4.78 is 28.5. The molecule has 144 valence electrons. The lowest BCUT2D eigenvalue weighted by atomic mass is 9.98. The van der Waals surface area contributed by atoms with Gasteiger partial charge in [-0.25, -0.2) is 0 Å². The number of rotatable bonds is 7. The maximum absolute atomic E-state index is 14.3. The van der Waals surface area contributed by atoms with E-state index in [9.17, 15) is 23.2 Å². The normalized spacial score (nSPS) is 17.6. The molecule has 1 aliphatic rings. The number of amides is 2. The summed E-state index contributed by atoms with van der Waals surface area (Å²) in [4.78, 5) is 35.9. The van der Waals surface area contributed by atoms with E-state index < -0.39 is 30.2 Å². The van der Waals surface area contributed by atoms with Gasteiger partial charge < -0.3 is 4.90 Å². The van der Waals surface area contributed by atoms with Crippen LogP contribution in [0.4, 0.5) is 13.9 Å². The lowest BCUT2D eigenvalue weighted by Crippen LogP contribution is -2.48. The van der Waals surface area contributed by atoms with Gasteiger partial charge in [-0.05, 0) is 12.3 Å². The number of aromatic nitrogens is 2. The average molecular weight is 388 g/mol. The van der Waals surface area contributed by atoms with E-state index in [2.05, 4.69) is 15.5 Å². The zero-order valence-electron chi connectivity index (χ0n) is 14.9. The van der Waals surface area contributed by atoms with Crippen LogP contribution in [0.3, 0.4) is 0 Å². The summed E-state index contributed by atoms with van der Waals surface area (Å²) >= 11 is 1.21. The number of hydrogen-bond donors (Lipinski definition) is 1. The van der Waals surface area contributed by atoms with Crippen LogP contribution >= 0.6 is 11.3 Å². The Morgan fingerprint density at radius 1 is 1.38 bits per heavy atom. The molecule has 1 aromatic rings. The van der Waals surface area contributed by atoms with Crippen LogP contribution in [0.5, 0.6) is 0 Å². The Balaban J connectivity index is 1.90. The monoisotopic (exact) mass is 388 g/mol. The van der Waals surface area contributed by atoms with E-state index in [1.54, 1.807) is 0 Å². The van der Waals surface area contributed by atoms with Crippen molar-refractivity contribution in [2.45, 2.75) is 45.5 Å². The topological polar surface area (TPSA) is 92.3 Å². The Bertz CT molecular complexity index is 693. The second-order valence-corrected chi connectivity index (χ2v) is 7.97. The van der Waals surface area contributed by atoms with E-state index in [4.69, 9.17) is 0 Å². The highest BCUT2D eigenvalue weighted by Gasteiger charge is 2.51. The standard InChI is InChI=1S/C16H22F2N4O3S/c1-9(2)6-13-20-21-15(26-13)19-12(24)8-22(3)14(25)16(17,18)10-4-5-11(23)7-10/h9-10H,4-8H2,1-3H3,(H,19,21,24). The number of anilines is 1. The molecule has 0 aliphatic heterocycles. The quantitative estimate of drug-likeness (QED) is 0.773. The van der Waals surface area contributed by atoms with Crippen LogP contribution in [0.25, 0.3) is 0 Å². The van der Waals surface area contributed by atoms with Crippen molar-refractivity contribution in [1.82, 2.24) is 15.1 Å². The van der Waals surface area contributed by atoms with Crippen LogP contribution in [0.2, 0.25) is 0 Å². The van der Waals surface area contributed by atoms with Crippen molar-refractivity contribution in [2.75, 3.05) is 18.9 Å². The van der Waals surface area contributed by atoms with Crippen molar-refractivity contribution in [3.63, 3.8) is 0 Å². The fourth-order valence-corrected chi connectivity index (χ4v) is 3.70. The number of likely N-dealkylation sites (N-methyl/N-ethyl adjacent to an activating group) is 1. The highest BCUT2D eigenvalue weighted by atomic mass is 32.1. The van der Waals surface area contributed by atoms with Gasteiger partial charge in [-0.2, -0.15) is 8.78 Å². The molecule has 1 saturated carbocycles. The molecule has 2 rings (SSSR count). The lowest BCUT2D eigenvalue weighted by Gasteiger charge is -2.26. The van der Waals surface area contributed by atoms with Crippen molar-refractivity contribution in [3.8, 4) is 0 Å². The molecule has 0 radical (unpaired) electrons. The first-order chi connectivity index (χ1) is 12.1. The number of hydrogen-bond acceptors (Lipinski definition) is 6. The highest BCUT2D eigenvalue weighted by Crippen LogP contribution is 2.37. The molecule has 26 heavy (non-hydrogen) atoms. The van der Waals surface area contributed by atoms with E-state index in [1.807, 2.05) is 13.8 Å². The van der Waals surface area contributed by atoms with Gasteiger partial charge in [0.15, 0.2) is 0 Å². The third-order valence-corrected chi connectivity index (χ3v) is 4.93. The third kappa shape index (κ3) is 5.03. The molecule has 1 aromatic heterocycles. The SMILES string of the molecule is CC(C)Cc1nnc(NC(=O)CN(C)C(=O)C(F)(F)C2CCC(=O)C2)s1. The summed E-state index contributed by atoms with van der Waals surface area (Å²) in [6.07, 6.45) is 0.467. The third-order valence-electron chi connectivity index (χ3n) is 4.07. The number of nitrogens with zero attached hydrogens (tertiary/aromatic N) is 3. The van der Waals surface area contributed by atoms with Gasteiger partial charge in [-0.3, -0.25) is 19.7 Å². The van der Waals surface area contributed by atoms with Gasteiger partial charge in [0, 0.05) is 32.2 Å². The Hall–Kier alpha value is -1.97. The lowest BCUT2D eigenvalue weighted by molar-refractivity contribution is -0.165. The zero-order chi connectivity index (χ0) is 19.5. The first-order valence-electron chi connectivity index (χ1n) is 8.37. The Labute approximate surface area is 154 Å². The van der Waals surface area contributed by atoms with Gasteiger partial charge in [0.1, 0.15) is 10.8 Å². The summed E-state index contributed by atoms with van der Waals surface area (Å²) in [5, 5.41) is 11.3. The van der Waals surface area contributed by atoms with E-state index in [-0.39, 0.29) is 30.2 Å².